The first-order valence-corrected chi connectivity index (χ1v) is 6.22. The van der Waals surface area contributed by atoms with Crippen molar-refractivity contribution in [2.75, 3.05) is 5.32 Å². The Bertz CT molecular complexity index is 594. The number of rotatable bonds is 3. The van der Waals surface area contributed by atoms with Crippen LogP contribution in [0.5, 0.6) is 0 Å². The Morgan fingerprint density at radius 2 is 2.26 bits per heavy atom. The summed E-state index contributed by atoms with van der Waals surface area (Å²) in [7, 11) is 1.87. The van der Waals surface area contributed by atoms with Crippen LogP contribution < -0.4 is 10.6 Å². The predicted molar refractivity (Wildman–Crippen MR) is 75.3 cm³/mol. The highest BCUT2D eigenvalue weighted by molar-refractivity contribution is 6.30. The van der Waals surface area contributed by atoms with Gasteiger partial charge in [0, 0.05) is 35.6 Å². The lowest BCUT2D eigenvalue weighted by atomic mass is 10.2. The molecule has 0 bridgehead atoms. The van der Waals surface area contributed by atoms with Crippen molar-refractivity contribution in [3.63, 3.8) is 0 Å². The molecule has 19 heavy (non-hydrogen) atoms. The minimum atomic E-state index is -0.273. The van der Waals surface area contributed by atoms with Crippen molar-refractivity contribution in [3.8, 4) is 0 Å². The topological polar surface area (TPSA) is 59.0 Å². The van der Waals surface area contributed by atoms with E-state index in [9.17, 15) is 4.79 Å². The van der Waals surface area contributed by atoms with Crippen LogP contribution in [0.2, 0.25) is 5.02 Å². The molecule has 0 aliphatic rings. The molecule has 5 nitrogen and oxygen atoms in total. The van der Waals surface area contributed by atoms with Gasteiger partial charge in [-0.25, -0.2) is 4.79 Å². The summed E-state index contributed by atoms with van der Waals surface area (Å²) in [6, 6.07) is 6.73. The molecule has 0 fully saturated rings. The van der Waals surface area contributed by atoms with Gasteiger partial charge in [-0.1, -0.05) is 17.7 Å². The summed E-state index contributed by atoms with van der Waals surface area (Å²) < 4.78 is 1.77. The predicted octanol–water partition coefficient (Wildman–Crippen LogP) is 2.70. The fourth-order valence-corrected chi connectivity index (χ4v) is 1.83. The van der Waals surface area contributed by atoms with Crippen LogP contribution in [-0.2, 0) is 13.6 Å². The molecular formula is C13H15ClN4O. The van der Waals surface area contributed by atoms with Crippen LogP contribution >= 0.6 is 11.6 Å². The number of anilines is 1. The third kappa shape index (κ3) is 3.48. The number of nitrogens with one attached hydrogen (secondary N) is 2. The number of carbonyl (C=O) groups excluding carboxylic acids is 1. The molecule has 0 radical (unpaired) electrons. The van der Waals surface area contributed by atoms with Crippen LogP contribution in [-0.4, -0.2) is 15.8 Å². The van der Waals surface area contributed by atoms with E-state index in [1.807, 2.05) is 14.0 Å². The van der Waals surface area contributed by atoms with Crippen LogP contribution in [0.3, 0.4) is 0 Å². The Morgan fingerprint density at radius 1 is 1.47 bits per heavy atom. The first-order valence-electron chi connectivity index (χ1n) is 5.84. The monoisotopic (exact) mass is 278 g/mol. The van der Waals surface area contributed by atoms with E-state index in [4.69, 9.17) is 11.6 Å². The number of aryl methyl sites for hydroxylation is 1. The normalized spacial score (nSPS) is 10.3. The number of aromatic nitrogens is 2. The SMILES string of the molecule is Cc1c(CNC(=O)Nc2cccc(Cl)c2)cnn1C. The molecule has 1 heterocycles. The van der Waals surface area contributed by atoms with Crippen LogP contribution in [0.15, 0.2) is 30.5 Å². The molecule has 0 atom stereocenters. The van der Waals surface area contributed by atoms with E-state index < -0.39 is 0 Å². The third-order valence-corrected chi connectivity index (χ3v) is 3.09. The van der Waals surface area contributed by atoms with Crippen molar-refractivity contribution in [1.29, 1.82) is 0 Å². The van der Waals surface area contributed by atoms with E-state index in [0.717, 1.165) is 11.3 Å². The Labute approximate surface area is 116 Å². The van der Waals surface area contributed by atoms with Gasteiger partial charge in [0.05, 0.1) is 6.20 Å². The smallest absolute Gasteiger partial charge is 0.319 e. The number of hydrogen-bond donors (Lipinski definition) is 2. The quantitative estimate of drug-likeness (QED) is 0.907. The summed E-state index contributed by atoms with van der Waals surface area (Å²) >= 11 is 5.84. The number of amides is 2. The van der Waals surface area contributed by atoms with Gasteiger partial charge in [0.15, 0.2) is 0 Å². The van der Waals surface area contributed by atoms with Gasteiger partial charge in [0.25, 0.3) is 0 Å². The van der Waals surface area contributed by atoms with E-state index in [1.165, 1.54) is 0 Å². The molecule has 2 aromatic rings. The van der Waals surface area contributed by atoms with E-state index >= 15 is 0 Å². The van der Waals surface area contributed by atoms with E-state index in [1.54, 1.807) is 35.1 Å². The molecule has 100 valence electrons. The summed E-state index contributed by atoms with van der Waals surface area (Å²) in [6.07, 6.45) is 1.75. The molecule has 0 aliphatic carbocycles. The van der Waals surface area contributed by atoms with Gasteiger partial charge < -0.3 is 10.6 Å². The van der Waals surface area contributed by atoms with Gasteiger partial charge in [0.1, 0.15) is 0 Å². The molecule has 1 aromatic carbocycles. The van der Waals surface area contributed by atoms with Gasteiger partial charge in [-0.15, -0.1) is 0 Å². The zero-order valence-corrected chi connectivity index (χ0v) is 11.5. The third-order valence-electron chi connectivity index (χ3n) is 2.86. The van der Waals surface area contributed by atoms with Crippen molar-refractivity contribution in [1.82, 2.24) is 15.1 Å². The highest BCUT2D eigenvalue weighted by Gasteiger charge is 2.06. The lowest BCUT2D eigenvalue weighted by Crippen LogP contribution is -2.28. The van der Waals surface area contributed by atoms with Gasteiger partial charge >= 0.3 is 6.03 Å². The minimum Gasteiger partial charge on any atom is -0.334 e. The highest BCUT2D eigenvalue weighted by atomic mass is 35.5. The molecule has 0 saturated heterocycles. The maximum absolute atomic E-state index is 11.7. The average Bonchev–Trinajstić information content (AvgIpc) is 2.68. The number of hydrogen-bond acceptors (Lipinski definition) is 2. The number of halogens is 1. The van der Waals surface area contributed by atoms with Crippen molar-refractivity contribution >= 4 is 23.3 Å². The molecular weight excluding hydrogens is 264 g/mol. The molecule has 1 aromatic heterocycles. The molecule has 2 amide bonds. The van der Waals surface area contributed by atoms with Gasteiger partial charge in [-0.05, 0) is 25.1 Å². The number of nitrogens with zero attached hydrogens (tertiary/aromatic N) is 2. The lowest BCUT2D eigenvalue weighted by Gasteiger charge is -2.07. The summed E-state index contributed by atoms with van der Waals surface area (Å²) in [6.45, 7) is 2.39. The summed E-state index contributed by atoms with van der Waals surface area (Å²) in [5, 5.41) is 10.2. The van der Waals surface area contributed by atoms with Crippen molar-refractivity contribution in [2.24, 2.45) is 7.05 Å². The Balaban J connectivity index is 1.90. The Kier molecular flexibility index (Phi) is 4.06. The molecule has 2 N–H and O–H groups in total. The van der Waals surface area contributed by atoms with Crippen LogP contribution in [0.25, 0.3) is 0 Å². The highest BCUT2D eigenvalue weighted by Crippen LogP contribution is 2.14. The van der Waals surface area contributed by atoms with Crippen LogP contribution in [0, 0.1) is 6.92 Å². The first kappa shape index (κ1) is 13.4. The Hall–Kier alpha value is -2.01. The zero-order chi connectivity index (χ0) is 13.8. The Morgan fingerprint density at radius 3 is 2.89 bits per heavy atom. The lowest BCUT2D eigenvalue weighted by molar-refractivity contribution is 0.251. The average molecular weight is 279 g/mol. The molecule has 0 unspecified atom stereocenters. The molecule has 0 spiro atoms. The molecule has 0 saturated carbocycles. The van der Waals surface area contributed by atoms with Crippen molar-refractivity contribution in [2.45, 2.75) is 13.5 Å². The standard InChI is InChI=1S/C13H15ClN4O/c1-9-10(8-16-18(9)2)7-15-13(19)17-12-5-3-4-11(14)6-12/h3-6,8H,7H2,1-2H3,(H2,15,17,19). The summed E-state index contributed by atoms with van der Waals surface area (Å²) in [4.78, 5) is 11.7. The van der Waals surface area contributed by atoms with Gasteiger partial charge in [-0.3, -0.25) is 4.68 Å². The second kappa shape index (κ2) is 5.75. The number of benzene rings is 1. The minimum absolute atomic E-state index is 0.273. The largest absolute Gasteiger partial charge is 0.334 e. The molecule has 2 rings (SSSR count). The summed E-state index contributed by atoms with van der Waals surface area (Å²) in [5.74, 6) is 0. The molecule has 6 heteroatoms. The zero-order valence-electron chi connectivity index (χ0n) is 10.8. The second-order valence-electron chi connectivity index (χ2n) is 4.20. The maximum atomic E-state index is 11.7. The van der Waals surface area contributed by atoms with E-state index in [-0.39, 0.29) is 6.03 Å². The van der Waals surface area contributed by atoms with Crippen LogP contribution in [0.1, 0.15) is 11.3 Å². The van der Waals surface area contributed by atoms with Gasteiger partial charge in [0.2, 0.25) is 0 Å². The fraction of sp³-hybridized carbons (Fsp3) is 0.231. The van der Waals surface area contributed by atoms with E-state index in [2.05, 4.69) is 15.7 Å². The van der Waals surface area contributed by atoms with Crippen molar-refractivity contribution < 1.29 is 4.79 Å². The fourth-order valence-electron chi connectivity index (χ4n) is 1.63. The number of urea groups is 1. The maximum Gasteiger partial charge on any atom is 0.319 e. The summed E-state index contributed by atoms with van der Waals surface area (Å²) in [5.41, 5.74) is 2.68. The van der Waals surface area contributed by atoms with Crippen molar-refractivity contribution in [3.05, 3.63) is 46.7 Å². The van der Waals surface area contributed by atoms with E-state index in [0.29, 0.717) is 17.3 Å². The number of carbonyl (C=O) groups is 1. The van der Waals surface area contributed by atoms with Crippen LogP contribution in [0.4, 0.5) is 10.5 Å². The van der Waals surface area contributed by atoms with Gasteiger partial charge in [-0.2, -0.15) is 5.10 Å². The molecule has 0 aliphatic heterocycles. The first-order chi connectivity index (χ1) is 9.06. The second-order valence-corrected chi connectivity index (χ2v) is 4.63.